The molecule has 1 saturated heterocycles. The number of hydrogen-bond donors (Lipinski definition) is 2. The minimum atomic E-state index is -0.896. The van der Waals surface area contributed by atoms with E-state index in [2.05, 4.69) is 10.3 Å². The summed E-state index contributed by atoms with van der Waals surface area (Å²) in [5.41, 5.74) is 1.22. The van der Waals surface area contributed by atoms with Crippen LogP contribution in [0.15, 0.2) is 101 Å². The molecule has 13 heteroatoms. The van der Waals surface area contributed by atoms with Crippen LogP contribution < -0.4 is 19.8 Å². The third-order valence-electron chi connectivity index (χ3n) is 7.79. The summed E-state index contributed by atoms with van der Waals surface area (Å²) in [6, 6.07) is 25.5. The van der Waals surface area contributed by atoms with Crippen LogP contribution in [0.1, 0.15) is 16.4 Å². The lowest BCUT2D eigenvalue weighted by molar-refractivity contribution is -0.384. The number of carbonyl (C=O) groups is 3. The molecule has 224 valence electrons. The number of imide groups is 1. The highest BCUT2D eigenvalue weighted by Crippen LogP contribution is 2.54. The van der Waals surface area contributed by atoms with E-state index in [0.717, 1.165) is 38.8 Å². The number of carbonyl (C=O) groups excluding carboxylic acids is 3. The number of ether oxygens (including phenoxy) is 1. The van der Waals surface area contributed by atoms with E-state index in [4.69, 9.17) is 4.74 Å². The van der Waals surface area contributed by atoms with Crippen molar-refractivity contribution in [1.82, 2.24) is 4.98 Å². The maximum absolute atomic E-state index is 14.0. The normalized spacial score (nSPS) is 18.8. The highest BCUT2D eigenvalue weighted by Gasteiger charge is 2.56. The summed E-state index contributed by atoms with van der Waals surface area (Å²) in [6.07, 6.45) is 0. The summed E-state index contributed by atoms with van der Waals surface area (Å²) in [5.74, 6) is -2.66. The van der Waals surface area contributed by atoms with E-state index in [1.54, 1.807) is 24.3 Å². The molecule has 1 fully saturated rings. The number of para-hydroxylation sites is 1. The lowest BCUT2D eigenvalue weighted by atomic mass is 9.82. The standard InChI is InChI=1S/C32H22N4O7S2/c37-24(33-19-10-9-17-5-1-2-6-18(17)15-19)16-43-23-8-4-3-7-22(23)25-26-28(44-29-27(25)45-32(40)34-29)31(39)35(30(26)38)20-11-13-21(14-12-20)36(41)42/h1-15,25-26,28H,16H2,(H,33,37)(H,34,40)/t25-,26?,28?/m1/s1. The largest absolute Gasteiger partial charge is 0.483 e. The number of non-ortho nitro benzene ring substituents is 1. The number of aromatic nitrogens is 1. The molecule has 7 rings (SSSR count). The van der Waals surface area contributed by atoms with Crippen LogP contribution in [0.25, 0.3) is 10.8 Å². The van der Waals surface area contributed by atoms with E-state index in [1.807, 2.05) is 42.5 Å². The average molecular weight is 639 g/mol. The van der Waals surface area contributed by atoms with Crippen LogP contribution >= 0.6 is 23.1 Å². The Balaban J connectivity index is 1.18. The fourth-order valence-corrected chi connectivity index (χ4v) is 8.31. The van der Waals surface area contributed by atoms with E-state index in [1.165, 1.54) is 24.3 Å². The van der Waals surface area contributed by atoms with Crippen molar-refractivity contribution in [2.45, 2.75) is 16.2 Å². The first-order valence-corrected chi connectivity index (χ1v) is 15.5. The van der Waals surface area contributed by atoms with E-state index < -0.39 is 33.8 Å². The van der Waals surface area contributed by atoms with Gasteiger partial charge in [0.15, 0.2) is 6.61 Å². The Morgan fingerprint density at radius 2 is 1.67 bits per heavy atom. The fourth-order valence-electron chi connectivity index (χ4n) is 5.81. The number of amides is 3. The first-order valence-electron chi connectivity index (χ1n) is 13.8. The monoisotopic (exact) mass is 638 g/mol. The molecule has 0 radical (unpaired) electrons. The van der Waals surface area contributed by atoms with Crippen molar-refractivity contribution in [1.29, 1.82) is 0 Å². The molecule has 45 heavy (non-hydrogen) atoms. The predicted octanol–water partition coefficient (Wildman–Crippen LogP) is 5.31. The molecule has 2 unspecified atom stereocenters. The van der Waals surface area contributed by atoms with Gasteiger partial charge in [0.2, 0.25) is 11.8 Å². The van der Waals surface area contributed by atoms with E-state index in [-0.39, 0.29) is 28.8 Å². The number of nitrogens with zero attached hydrogens (tertiary/aromatic N) is 2. The smallest absolute Gasteiger partial charge is 0.305 e. The zero-order chi connectivity index (χ0) is 31.2. The quantitative estimate of drug-likeness (QED) is 0.138. The number of anilines is 2. The number of thiazole rings is 1. The van der Waals surface area contributed by atoms with Gasteiger partial charge < -0.3 is 15.0 Å². The SMILES string of the molecule is O=C(COc1ccccc1[C@H]1c2sc(=O)[nH]c2SC2C(=O)N(c3ccc([N+](=O)[O-])cc3)C(=O)C21)Nc1ccc2ccccc2c1. The molecule has 0 bridgehead atoms. The molecule has 3 heterocycles. The molecule has 5 aromatic rings. The molecular formula is C32H22N4O7S2. The van der Waals surface area contributed by atoms with Crippen molar-refractivity contribution in [2.75, 3.05) is 16.8 Å². The maximum Gasteiger partial charge on any atom is 0.305 e. The number of fused-ring (bicyclic) bond motifs is 3. The lowest BCUT2D eigenvalue weighted by Crippen LogP contribution is -2.32. The summed E-state index contributed by atoms with van der Waals surface area (Å²) in [7, 11) is 0. The Morgan fingerprint density at radius 3 is 2.44 bits per heavy atom. The van der Waals surface area contributed by atoms with Gasteiger partial charge >= 0.3 is 4.87 Å². The topological polar surface area (TPSA) is 152 Å². The summed E-state index contributed by atoms with van der Waals surface area (Å²) >= 11 is 2.08. The number of benzene rings is 4. The lowest BCUT2D eigenvalue weighted by Gasteiger charge is -2.30. The van der Waals surface area contributed by atoms with E-state index in [0.29, 0.717) is 26.9 Å². The highest BCUT2D eigenvalue weighted by molar-refractivity contribution is 8.00. The molecular weight excluding hydrogens is 617 g/mol. The molecule has 2 aliphatic rings. The van der Waals surface area contributed by atoms with Gasteiger partial charge in [-0.2, -0.15) is 0 Å². The van der Waals surface area contributed by atoms with Gasteiger partial charge in [-0.3, -0.25) is 29.3 Å². The molecule has 2 aliphatic heterocycles. The molecule has 3 atom stereocenters. The predicted molar refractivity (Wildman–Crippen MR) is 170 cm³/mol. The zero-order valence-corrected chi connectivity index (χ0v) is 24.8. The van der Waals surface area contributed by atoms with E-state index in [9.17, 15) is 29.3 Å². The van der Waals surface area contributed by atoms with Crippen molar-refractivity contribution in [3.8, 4) is 5.75 Å². The molecule has 11 nitrogen and oxygen atoms in total. The van der Waals surface area contributed by atoms with Gasteiger partial charge in [-0.25, -0.2) is 4.90 Å². The number of rotatable bonds is 7. The number of hydrogen-bond acceptors (Lipinski definition) is 9. The first-order chi connectivity index (χ1) is 21.8. The van der Waals surface area contributed by atoms with Gasteiger partial charge in [-0.05, 0) is 41.1 Å². The van der Waals surface area contributed by atoms with Crippen molar-refractivity contribution in [2.24, 2.45) is 5.92 Å². The highest BCUT2D eigenvalue weighted by atomic mass is 32.2. The van der Waals surface area contributed by atoms with Crippen molar-refractivity contribution in [3.05, 3.63) is 121 Å². The third kappa shape index (κ3) is 5.15. The average Bonchev–Trinajstić information content (AvgIpc) is 3.54. The number of nitro benzene ring substituents is 1. The Morgan fingerprint density at radius 1 is 0.933 bits per heavy atom. The van der Waals surface area contributed by atoms with Crippen LogP contribution in [-0.4, -0.2) is 39.5 Å². The Kier molecular flexibility index (Phi) is 7.18. The Bertz CT molecular complexity index is 2070. The van der Waals surface area contributed by atoms with Crippen LogP contribution in [-0.2, 0) is 14.4 Å². The molecule has 3 amide bonds. The van der Waals surface area contributed by atoms with E-state index >= 15 is 0 Å². The number of thioether (sulfide) groups is 1. The molecule has 1 aromatic heterocycles. The van der Waals surface area contributed by atoms with Crippen LogP contribution in [0.4, 0.5) is 17.1 Å². The number of H-pyrrole nitrogens is 1. The maximum atomic E-state index is 14.0. The number of nitrogens with one attached hydrogen (secondary N) is 2. The molecule has 2 N–H and O–H groups in total. The Labute approximate surface area is 263 Å². The second kappa shape index (κ2) is 11.3. The minimum absolute atomic E-state index is 0.169. The second-order valence-electron chi connectivity index (χ2n) is 10.5. The van der Waals surface area contributed by atoms with Crippen LogP contribution in [0.2, 0.25) is 0 Å². The van der Waals surface area contributed by atoms with Gasteiger partial charge in [-0.15, -0.1) is 0 Å². The molecule has 0 aliphatic carbocycles. The van der Waals surface area contributed by atoms with Crippen LogP contribution in [0.3, 0.4) is 0 Å². The summed E-state index contributed by atoms with van der Waals surface area (Å²) in [5, 5.41) is 15.6. The third-order valence-corrected chi connectivity index (χ3v) is 10.2. The van der Waals surface area contributed by atoms with Gasteiger partial charge in [0.1, 0.15) is 11.0 Å². The van der Waals surface area contributed by atoms with Gasteiger partial charge in [0.05, 0.1) is 21.6 Å². The molecule has 0 saturated carbocycles. The molecule has 0 spiro atoms. The van der Waals surface area contributed by atoms with Gasteiger partial charge in [-0.1, -0.05) is 71.6 Å². The zero-order valence-electron chi connectivity index (χ0n) is 23.2. The van der Waals surface area contributed by atoms with Crippen molar-refractivity contribution >= 4 is 68.7 Å². The fraction of sp³-hybridized carbons (Fsp3) is 0.125. The van der Waals surface area contributed by atoms with Gasteiger partial charge in [0.25, 0.3) is 11.6 Å². The van der Waals surface area contributed by atoms with Crippen LogP contribution in [0.5, 0.6) is 5.75 Å². The summed E-state index contributed by atoms with van der Waals surface area (Å²) in [4.78, 5) is 67.8. The number of nitro groups is 1. The second-order valence-corrected chi connectivity index (χ2v) is 12.6. The summed E-state index contributed by atoms with van der Waals surface area (Å²) < 4.78 is 6.02. The first kappa shape index (κ1) is 28.5. The Hall–Kier alpha value is -5.27. The van der Waals surface area contributed by atoms with Crippen LogP contribution in [0, 0.1) is 16.0 Å². The van der Waals surface area contributed by atoms with Crippen molar-refractivity contribution < 1.29 is 24.0 Å². The minimum Gasteiger partial charge on any atom is -0.483 e. The van der Waals surface area contributed by atoms with Gasteiger partial charge in [0, 0.05) is 34.2 Å². The summed E-state index contributed by atoms with van der Waals surface area (Å²) in [6.45, 7) is -0.322. The number of aromatic amines is 1. The van der Waals surface area contributed by atoms with Crippen molar-refractivity contribution in [3.63, 3.8) is 0 Å². The molecule has 4 aromatic carbocycles.